The third kappa shape index (κ3) is 6.63. The molecular weight excluding hydrogens is 767 g/mol. The maximum absolute atomic E-state index is 13.9. The summed E-state index contributed by atoms with van der Waals surface area (Å²) in [6, 6.07) is 21.7. The first-order valence-electron chi connectivity index (χ1n) is 20.4. The van der Waals surface area contributed by atoms with Crippen LogP contribution in [0.1, 0.15) is 52.4 Å². The number of aromatic nitrogens is 4. The first kappa shape index (κ1) is 37.4. The van der Waals surface area contributed by atoms with Crippen LogP contribution in [0.5, 0.6) is 11.5 Å². The average Bonchev–Trinajstić information content (AvgIpc) is 3.76. The van der Waals surface area contributed by atoms with Gasteiger partial charge in [-0.05, 0) is 73.9 Å². The molecule has 2 atom stereocenters. The Bertz CT molecular complexity index is 2530. The fraction of sp³-hybridized carbons (Fsp3) is 0.349. The third-order valence-electron chi connectivity index (χ3n) is 12.4. The van der Waals surface area contributed by atoms with Crippen molar-refractivity contribution in [2.45, 2.75) is 43.8 Å². The Morgan fingerprint density at radius 1 is 0.767 bits per heavy atom. The van der Waals surface area contributed by atoms with Crippen molar-refractivity contribution in [1.29, 1.82) is 0 Å². The number of fused-ring (bicyclic) bond motifs is 2. The van der Waals surface area contributed by atoms with Crippen molar-refractivity contribution in [3.8, 4) is 22.8 Å². The van der Waals surface area contributed by atoms with Gasteiger partial charge in [0.1, 0.15) is 35.4 Å². The molecule has 306 valence electrons. The van der Waals surface area contributed by atoms with E-state index in [0.29, 0.717) is 54.5 Å². The standard InChI is InChI=1S/C43H43N11O6/c44-38-36-37(26-8-11-31(12-9-26)60-30-6-2-1-3-7-30)48-54(39(36)46-25-45-38)28-5-4-16-51(22-28)43(59)52-23-29(24-52)50-19-17-49(18-20-50)27-10-13-32-33(21-27)42(58)53(41(32)57)34-14-15-35(55)47-40(34)56/h1-3,6-13,21,25,28-29,34H,4-5,14-20,22-24H2,(H2,44,45,46)(H,47,55,56)/t28?,34-/m0/s1. The predicted molar refractivity (Wildman–Crippen MR) is 219 cm³/mol. The highest BCUT2D eigenvalue weighted by Crippen LogP contribution is 2.36. The number of nitrogen functional groups attached to an aromatic ring is 1. The number of benzene rings is 3. The number of carbonyl (C=O) groups excluding carboxylic acids is 5. The number of nitrogens with two attached hydrogens (primary N) is 1. The minimum atomic E-state index is -0.996. The molecule has 0 spiro atoms. The van der Waals surface area contributed by atoms with E-state index in [1.54, 1.807) is 12.1 Å². The van der Waals surface area contributed by atoms with Gasteiger partial charge < -0.3 is 25.2 Å². The Morgan fingerprint density at radius 3 is 2.27 bits per heavy atom. The highest BCUT2D eigenvalue weighted by Gasteiger charge is 2.45. The van der Waals surface area contributed by atoms with Gasteiger partial charge in [-0.15, -0.1) is 0 Å². The van der Waals surface area contributed by atoms with E-state index in [9.17, 15) is 24.0 Å². The summed E-state index contributed by atoms with van der Waals surface area (Å²) in [4.78, 5) is 82.9. The number of rotatable bonds is 7. The summed E-state index contributed by atoms with van der Waals surface area (Å²) in [6.07, 6.45) is 3.32. The quantitative estimate of drug-likeness (QED) is 0.228. The Hall–Kier alpha value is -6.88. The first-order chi connectivity index (χ1) is 29.2. The number of nitrogens with one attached hydrogen (secondary N) is 1. The summed E-state index contributed by atoms with van der Waals surface area (Å²) in [7, 11) is 0. The van der Waals surface area contributed by atoms with Crippen LogP contribution in [-0.2, 0) is 9.59 Å². The number of hydrogen-bond donors (Lipinski definition) is 2. The van der Waals surface area contributed by atoms with Gasteiger partial charge in [-0.2, -0.15) is 5.10 Å². The summed E-state index contributed by atoms with van der Waals surface area (Å²) < 4.78 is 7.91. The number of piperazine rings is 1. The van der Waals surface area contributed by atoms with E-state index < -0.39 is 29.7 Å². The number of ether oxygens (including phenoxy) is 1. The molecule has 3 aromatic carbocycles. The van der Waals surface area contributed by atoms with Crippen LogP contribution in [0.3, 0.4) is 0 Å². The second-order valence-electron chi connectivity index (χ2n) is 16.0. The van der Waals surface area contributed by atoms with Gasteiger partial charge >= 0.3 is 6.03 Å². The number of urea groups is 1. The number of amides is 6. The van der Waals surface area contributed by atoms with Crippen LogP contribution < -0.4 is 20.7 Å². The molecule has 5 aliphatic rings. The van der Waals surface area contributed by atoms with Gasteiger partial charge in [0.25, 0.3) is 11.8 Å². The normalized spacial score (nSPS) is 21.3. The maximum atomic E-state index is 13.9. The molecule has 4 saturated heterocycles. The van der Waals surface area contributed by atoms with Crippen molar-refractivity contribution in [3.63, 3.8) is 0 Å². The second-order valence-corrected chi connectivity index (χ2v) is 16.0. The SMILES string of the molecule is Nc1ncnc2c1c(-c1ccc(Oc3ccccc3)cc1)nn2C1CCCN(C(=O)N2CC(N3CCN(c4ccc5c(c4)C(=O)N([C@H]4CCC(=O)NC4=O)C5=O)CC3)C2)C1. The van der Waals surface area contributed by atoms with Gasteiger partial charge in [0, 0.05) is 76.1 Å². The molecule has 1 unspecified atom stereocenters. The van der Waals surface area contributed by atoms with Gasteiger partial charge in [0.05, 0.1) is 22.6 Å². The number of para-hydroxylation sites is 1. The van der Waals surface area contributed by atoms with Crippen LogP contribution in [0, 0.1) is 0 Å². The van der Waals surface area contributed by atoms with Crippen molar-refractivity contribution < 1.29 is 28.7 Å². The summed E-state index contributed by atoms with van der Waals surface area (Å²) in [5.41, 5.74) is 9.99. The number of imide groups is 2. The Kier molecular flexibility index (Phi) is 9.38. The molecule has 0 saturated carbocycles. The van der Waals surface area contributed by atoms with Crippen LogP contribution in [0.2, 0.25) is 0 Å². The number of likely N-dealkylation sites (tertiary alicyclic amines) is 2. The van der Waals surface area contributed by atoms with E-state index in [1.807, 2.05) is 75.1 Å². The molecule has 17 nitrogen and oxygen atoms in total. The van der Waals surface area contributed by atoms with Gasteiger partial charge in [-0.3, -0.25) is 34.3 Å². The van der Waals surface area contributed by atoms with Crippen LogP contribution in [0.15, 0.2) is 79.1 Å². The molecule has 2 aromatic heterocycles. The van der Waals surface area contributed by atoms with E-state index >= 15 is 0 Å². The first-order valence-corrected chi connectivity index (χ1v) is 20.4. The number of hydrogen-bond acceptors (Lipinski definition) is 12. The van der Waals surface area contributed by atoms with Crippen molar-refractivity contribution in [2.24, 2.45) is 0 Å². The highest BCUT2D eigenvalue weighted by atomic mass is 16.5. The predicted octanol–water partition coefficient (Wildman–Crippen LogP) is 3.53. The Labute approximate surface area is 344 Å². The van der Waals surface area contributed by atoms with Crippen LogP contribution in [0.25, 0.3) is 22.3 Å². The van der Waals surface area contributed by atoms with Gasteiger partial charge in [0.2, 0.25) is 11.8 Å². The van der Waals surface area contributed by atoms with Crippen LogP contribution >= 0.6 is 0 Å². The van der Waals surface area contributed by atoms with E-state index in [0.717, 1.165) is 60.9 Å². The lowest BCUT2D eigenvalue weighted by atomic mass is 10.0. The summed E-state index contributed by atoms with van der Waals surface area (Å²) in [5.74, 6) is -0.258. The molecule has 0 radical (unpaired) electrons. The van der Waals surface area contributed by atoms with E-state index in [-0.39, 0.29) is 42.1 Å². The molecule has 10 rings (SSSR count). The van der Waals surface area contributed by atoms with Crippen molar-refractivity contribution in [3.05, 3.63) is 90.3 Å². The minimum Gasteiger partial charge on any atom is -0.457 e. The number of anilines is 2. The molecule has 3 N–H and O–H groups in total. The molecule has 17 heteroatoms. The third-order valence-corrected chi connectivity index (χ3v) is 12.4. The summed E-state index contributed by atoms with van der Waals surface area (Å²) >= 11 is 0. The summed E-state index contributed by atoms with van der Waals surface area (Å²) in [6.45, 7) is 5.47. The van der Waals surface area contributed by atoms with Crippen LogP contribution in [-0.4, -0.2) is 133 Å². The largest absolute Gasteiger partial charge is 0.457 e. The van der Waals surface area contributed by atoms with Crippen molar-refractivity contribution >= 4 is 52.2 Å². The monoisotopic (exact) mass is 809 g/mol. The van der Waals surface area contributed by atoms with Gasteiger partial charge in [-0.25, -0.2) is 19.4 Å². The second kappa shape index (κ2) is 15.1. The molecule has 7 heterocycles. The van der Waals surface area contributed by atoms with Gasteiger partial charge in [0.15, 0.2) is 5.65 Å². The zero-order valence-corrected chi connectivity index (χ0v) is 32.8. The Balaban J connectivity index is 0.753. The fourth-order valence-electron chi connectivity index (χ4n) is 9.13. The zero-order valence-electron chi connectivity index (χ0n) is 32.8. The lowest BCUT2D eigenvalue weighted by Crippen LogP contribution is -2.66. The van der Waals surface area contributed by atoms with Crippen molar-refractivity contribution in [1.82, 2.24) is 44.7 Å². The van der Waals surface area contributed by atoms with Crippen molar-refractivity contribution in [2.75, 3.05) is 63.0 Å². The fourth-order valence-corrected chi connectivity index (χ4v) is 9.13. The van der Waals surface area contributed by atoms with E-state index in [4.69, 9.17) is 15.6 Å². The maximum Gasteiger partial charge on any atom is 0.320 e. The average molecular weight is 810 g/mol. The molecular formula is C43H43N11O6. The molecule has 6 amide bonds. The number of nitrogens with zero attached hydrogens (tertiary/aromatic N) is 9. The summed E-state index contributed by atoms with van der Waals surface area (Å²) in [5, 5.41) is 7.97. The zero-order chi connectivity index (χ0) is 41.1. The molecule has 0 bridgehead atoms. The smallest absolute Gasteiger partial charge is 0.320 e. The molecule has 5 aliphatic heterocycles. The molecule has 60 heavy (non-hydrogen) atoms. The Morgan fingerprint density at radius 2 is 1.50 bits per heavy atom. The lowest BCUT2D eigenvalue weighted by molar-refractivity contribution is -0.136. The lowest BCUT2D eigenvalue weighted by Gasteiger charge is -2.49. The number of carbonyl (C=O) groups is 5. The number of piperidine rings is 2. The molecule has 4 fully saturated rings. The van der Waals surface area contributed by atoms with Crippen LogP contribution in [0.4, 0.5) is 16.3 Å². The van der Waals surface area contributed by atoms with E-state index in [1.165, 1.54) is 6.33 Å². The topological polar surface area (TPSA) is 192 Å². The highest BCUT2D eigenvalue weighted by molar-refractivity contribution is 6.23. The molecule has 0 aliphatic carbocycles. The van der Waals surface area contributed by atoms with Gasteiger partial charge in [-0.1, -0.05) is 18.2 Å². The minimum absolute atomic E-state index is 0.0260. The molecule has 5 aromatic rings. The van der Waals surface area contributed by atoms with E-state index in [2.05, 4.69) is 25.1 Å².